The third-order valence-electron chi connectivity index (χ3n) is 5.69. The van der Waals surface area contributed by atoms with Crippen LogP contribution >= 0.6 is 12.6 Å². The van der Waals surface area contributed by atoms with E-state index in [-0.39, 0.29) is 49.0 Å². The summed E-state index contributed by atoms with van der Waals surface area (Å²) in [5, 5.41) is 30.8. The molecule has 0 aliphatic heterocycles. The second-order valence-corrected chi connectivity index (χ2v) is 9.60. The molecule has 0 aliphatic carbocycles. The van der Waals surface area contributed by atoms with Gasteiger partial charge in [-0.1, -0.05) is 24.3 Å². The molecule has 1 rings (SSSR count). The Kier molecular flexibility index (Phi) is 16.3. The summed E-state index contributed by atoms with van der Waals surface area (Å²) in [6.07, 6.45) is 2.02. The molecular weight excluding hydrogens is 536 g/mol. The van der Waals surface area contributed by atoms with Crippen LogP contribution in [0.1, 0.15) is 43.7 Å². The number of hydrogen-bond acceptors (Lipinski definition) is 7. The van der Waals surface area contributed by atoms with Crippen molar-refractivity contribution in [3.05, 3.63) is 35.4 Å². The molecule has 0 spiro atoms. The summed E-state index contributed by atoms with van der Waals surface area (Å²) in [7, 11) is 0. The zero-order valence-corrected chi connectivity index (χ0v) is 23.6. The maximum absolute atomic E-state index is 13.3. The van der Waals surface area contributed by atoms with E-state index in [9.17, 15) is 19.2 Å². The first-order valence-electron chi connectivity index (χ1n) is 13.0. The second-order valence-electron chi connectivity index (χ2n) is 9.23. The van der Waals surface area contributed by atoms with E-state index in [0.29, 0.717) is 44.6 Å². The van der Waals surface area contributed by atoms with Gasteiger partial charge < -0.3 is 43.4 Å². The Hall–Kier alpha value is -4.01. The third kappa shape index (κ3) is 14.8. The Labute approximate surface area is 240 Å². The quantitative estimate of drug-likeness (QED) is 0.0300. The van der Waals surface area contributed by atoms with Crippen LogP contribution in [0.3, 0.4) is 0 Å². The maximum Gasteiger partial charge on any atom is 0.243 e. The van der Waals surface area contributed by atoms with Crippen molar-refractivity contribution in [3.63, 3.8) is 0 Å². The van der Waals surface area contributed by atoms with Crippen molar-refractivity contribution in [2.24, 2.45) is 11.5 Å². The highest BCUT2D eigenvalue weighted by molar-refractivity contribution is 7.80. The first kappa shape index (κ1) is 34.0. The number of nitrogens with one attached hydrogen (secondary N) is 8. The van der Waals surface area contributed by atoms with Gasteiger partial charge >= 0.3 is 0 Å². The molecule has 12 N–H and O–H groups in total. The molecular formula is C25H42N10O4S. The molecule has 40 heavy (non-hydrogen) atoms. The topological polar surface area (TPSA) is 240 Å². The van der Waals surface area contributed by atoms with Gasteiger partial charge in [-0.05, 0) is 43.7 Å². The summed E-state index contributed by atoms with van der Waals surface area (Å²) >= 11 is 4.19. The number of thiol groups is 1. The van der Waals surface area contributed by atoms with Crippen LogP contribution in [0.25, 0.3) is 0 Å². The van der Waals surface area contributed by atoms with Crippen LogP contribution in [0.2, 0.25) is 0 Å². The minimum Gasteiger partial charge on any atom is -0.370 e. The van der Waals surface area contributed by atoms with Crippen molar-refractivity contribution in [1.82, 2.24) is 31.9 Å². The van der Waals surface area contributed by atoms with Crippen molar-refractivity contribution in [2.75, 3.05) is 18.8 Å². The lowest BCUT2D eigenvalue weighted by atomic mass is 10.1. The number of nitrogens with two attached hydrogens (primary N) is 2. The number of amides is 4. The molecule has 0 fully saturated rings. The Morgan fingerprint density at radius 3 is 1.88 bits per heavy atom. The number of rotatable bonds is 19. The van der Waals surface area contributed by atoms with Crippen molar-refractivity contribution in [1.29, 1.82) is 10.8 Å². The minimum atomic E-state index is -0.940. The number of guanidine groups is 2. The predicted octanol–water partition coefficient (Wildman–Crippen LogP) is -1.59. The van der Waals surface area contributed by atoms with Gasteiger partial charge in [-0.3, -0.25) is 30.0 Å². The lowest BCUT2D eigenvalue weighted by Crippen LogP contribution is -2.55. The minimum absolute atomic E-state index is 0.0248. The molecule has 0 unspecified atom stereocenters. The van der Waals surface area contributed by atoms with Crippen molar-refractivity contribution in [3.8, 4) is 0 Å². The van der Waals surface area contributed by atoms with Crippen LogP contribution in [-0.4, -0.2) is 73.0 Å². The van der Waals surface area contributed by atoms with Gasteiger partial charge in [0.05, 0.1) is 6.42 Å². The van der Waals surface area contributed by atoms with Crippen LogP contribution in [0, 0.1) is 10.8 Å². The maximum atomic E-state index is 13.3. The Balaban J connectivity index is 2.93. The van der Waals surface area contributed by atoms with Crippen LogP contribution in [-0.2, 0) is 32.1 Å². The Morgan fingerprint density at radius 2 is 1.38 bits per heavy atom. The molecule has 0 bridgehead atoms. The third-order valence-corrected chi connectivity index (χ3v) is 6.24. The SMILES string of the molecule is C[C@H](CS)NC(=O)[C@H](CCCNC(=N)N)NC(=O)[C@H](CCCNC(=N)N)NC(=O)Cc1ccc(CNC=O)cc1. The van der Waals surface area contributed by atoms with E-state index in [4.69, 9.17) is 22.3 Å². The first-order chi connectivity index (χ1) is 19.0. The average molecular weight is 579 g/mol. The van der Waals surface area contributed by atoms with Crippen LogP contribution < -0.4 is 43.4 Å². The summed E-state index contributed by atoms with van der Waals surface area (Å²) in [5.41, 5.74) is 12.2. The lowest BCUT2D eigenvalue weighted by molar-refractivity contribution is -0.132. The summed E-state index contributed by atoms with van der Waals surface area (Å²) in [6.45, 7) is 2.83. The Bertz CT molecular complexity index is 992. The number of benzene rings is 1. The van der Waals surface area contributed by atoms with Crippen molar-refractivity contribution < 1.29 is 19.2 Å². The van der Waals surface area contributed by atoms with E-state index in [1.807, 2.05) is 0 Å². The molecule has 1 aromatic rings. The molecule has 1 aromatic carbocycles. The van der Waals surface area contributed by atoms with Gasteiger partial charge in [-0.15, -0.1) is 0 Å². The number of hydrogen-bond donors (Lipinski definition) is 11. The highest BCUT2D eigenvalue weighted by Crippen LogP contribution is 2.07. The average Bonchev–Trinajstić information content (AvgIpc) is 2.91. The number of carbonyl (C=O) groups excluding carboxylic acids is 4. The molecule has 0 aromatic heterocycles. The van der Waals surface area contributed by atoms with Gasteiger partial charge in [0.1, 0.15) is 12.1 Å². The fourth-order valence-electron chi connectivity index (χ4n) is 3.62. The van der Waals surface area contributed by atoms with Gasteiger partial charge in [-0.25, -0.2) is 0 Å². The molecule has 0 saturated heterocycles. The van der Waals surface area contributed by atoms with E-state index < -0.39 is 18.0 Å². The summed E-state index contributed by atoms with van der Waals surface area (Å²) in [5.74, 6) is -1.27. The highest BCUT2D eigenvalue weighted by Gasteiger charge is 2.27. The normalized spacial score (nSPS) is 12.7. The van der Waals surface area contributed by atoms with Gasteiger partial charge in [-0.2, -0.15) is 12.6 Å². The van der Waals surface area contributed by atoms with Gasteiger partial charge in [0.2, 0.25) is 24.1 Å². The molecule has 0 radical (unpaired) electrons. The summed E-state index contributed by atoms with van der Waals surface area (Å²) in [6, 6.07) is 5.09. The molecule has 0 aliphatic rings. The smallest absolute Gasteiger partial charge is 0.243 e. The van der Waals surface area contributed by atoms with E-state index in [0.717, 1.165) is 11.1 Å². The predicted molar refractivity (Wildman–Crippen MR) is 157 cm³/mol. The molecule has 0 saturated carbocycles. The molecule has 222 valence electrons. The highest BCUT2D eigenvalue weighted by atomic mass is 32.1. The molecule has 14 nitrogen and oxygen atoms in total. The molecule has 3 atom stereocenters. The summed E-state index contributed by atoms with van der Waals surface area (Å²) < 4.78 is 0. The van der Waals surface area contributed by atoms with E-state index >= 15 is 0 Å². The molecule has 0 heterocycles. The monoisotopic (exact) mass is 578 g/mol. The fraction of sp³-hybridized carbons (Fsp3) is 0.520. The zero-order chi connectivity index (χ0) is 29.9. The molecule has 15 heteroatoms. The molecule has 4 amide bonds. The van der Waals surface area contributed by atoms with Gasteiger partial charge in [0.15, 0.2) is 11.9 Å². The van der Waals surface area contributed by atoms with Gasteiger partial charge in [0, 0.05) is 31.4 Å². The van der Waals surface area contributed by atoms with E-state index in [2.05, 4.69) is 44.5 Å². The first-order valence-corrected chi connectivity index (χ1v) is 13.6. The van der Waals surface area contributed by atoms with Crippen LogP contribution in [0.15, 0.2) is 24.3 Å². The summed E-state index contributed by atoms with van der Waals surface area (Å²) in [4.78, 5) is 49.5. The van der Waals surface area contributed by atoms with E-state index in [1.54, 1.807) is 31.2 Å². The lowest BCUT2D eigenvalue weighted by Gasteiger charge is -2.24. The standard InChI is InChI=1S/C25H42N10O4S/c1-16(14-40)33-22(38)20(5-3-11-32-25(28)29)35-23(39)19(4-2-10-31-24(26)27)34-21(37)12-17-6-8-18(9-7-17)13-30-15-36/h6-9,15-16,19-20,40H,2-5,10-14H2,1H3,(H,30,36)(H,33,38)(H,34,37)(H,35,39)(H4,26,27,31)(H4,28,29,32)/t16-,19+,20+/m1/s1. The fourth-order valence-corrected chi connectivity index (χ4v) is 3.71. The van der Waals surface area contributed by atoms with Gasteiger partial charge in [0.25, 0.3) is 0 Å². The largest absolute Gasteiger partial charge is 0.370 e. The van der Waals surface area contributed by atoms with Crippen LogP contribution in [0.4, 0.5) is 0 Å². The number of carbonyl (C=O) groups is 4. The van der Waals surface area contributed by atoms with E-state index in [1.165, 1.54) is 0 Å². The van der Waals surface area contributed by atoms with Crippen LogP contribution in [0.5, 0.6) is 0 Å². The van der Waals surface area contributed by atoms with Crippen molar-refractivity contribution >= 4 is 48.7 Å². The zero-order valence-electron chi connectivity index (χ0n) is 22.7. The van der Waals surface area contributed by atoms with Crippen molar-refractivity contribution in [2.45, 2.75) is 63.7 Å². The Morgan fingerprint density at radius 1 is 0.875 bits per heavy atom. The second kappa shape index (κ2) is 19.1.